The van der Waals surface area contributed by atoms with E-state index in [1.54, 1.807) is 0 Å². The summed E-state index contributed by atoms with van der Waals surface area (Å²) in [7, 11) is 0. The van der Waals surface area contributed by atoms with Crippen LogP contribution >= 0.6 is 0 Å². The Kier molecular flexibility index (Phi) is 32.8. The van der Waals surface area contributed by atoms with Gasteiger partial charge in [0.25, 0.3) is 0 Å². The minimum Gasteiger partial charge on any atom is -0.457 e. The van der Waals surface area contributed by atoms with Crippen LogP contribution in [0.25, 0.3) is 0 Å². The summed E-state index contributed by atoms with van der Waals surface area (Å²) in [5.41, 5.74) is 0. The van der Waals surface area contributed by atoms with Crippen LogP contribution in [0.2, 0.25) is 0 Å². The van der Waals surface area contributed by atoms with Gasteiger partial charge in [-0.15, -0.1) is 0 Å². The molecular formula is C44H76O9. The highest BCUT2D eigenvalue weighted by atomic mass is 16.7. The van der Waals surface area contributed by atoms with Crippen LogP contribution in [0.15, 0.2) is 60.8 Å². The molecule has 0 aromatic carbocycles. The summed E-state index contributed by atoms with van der Waals surface area (Å²) in [5.74, 6) is -0.329. The second-order valence-corrected chi connectivity index (χ2v) is 14.1. The van der Waals surface area contributed by atoms with Crippen LogP contribution in [-0.4, -0.2) is 89.6 Å². The van der Waals surface area contributed by atoms with Crippen molar-refractivity contribution in [1.82, 2.24) is 0 Å². The van der Waals surface area contributed by atoms with E-state index < -0.39 is 43.4 Å². The Morgan fingerprint density at radius 1 is 0.623 bits per heavy atom. The SMILES string of the molecule is CC/C=C\C/C=C\C/C=C\C/C=C\C/C=C\CCCCCCCCCCOCC(COC1OC(CO)C(O)C(O)C1O)OC(=O)CCCCCCCC. The smallest absolute Gasteiger partial charge is 0.306 e. The summed E-state index contributed by atoms with van der Waals surface area (Å²) in [4.78, 5) is 12.6. The zero-order valence-electron chi connectivity index (χ0n) is 33.2. The molecule has 9 nitrogen and oxygen atoms in total. The molecule has 9 heteroatoms. The van der Waals surface area contributed by atoms with Crippen LogP contribution in [0.3, 0.4) is 0 Å². The van der Waals surface area contributed by atoms with Gasteiger partial charge in [0.15, 0.2) is 6.29 Å². The summed E-state index contributed by atoms with van der Waals surface area (Å²) >= 11 is 0. The third kappa shape index (κ3) is 27.2. The lowest BCUT2D eigenvalue weighted by Crippen LogP contribution is -2.59. The number of hydrogen-bond acceptors (Lipinski definition) is 9. The summed E-state index contributed by atoms with van der Waals surface area (Å²) in [6, 6.07) is 0. The standard InChI is InChI=1S/C44H76O9/c1-3-5-7-9-11-12-13-14-15-16-17-18-19-20-21-22-23-24-25-26-27-28-30-32-34-50-36-38(52-40(46)33-31-29-10-8-6-4-2)37-51-44-43(49)42(48)41(47)39(35-45)53-44/h5,7,11-12,14-15,17-18,20-21,38-39,41-45,47-49H,3-4,6,8-10,13,16,19,22-37H2,1-2H3/b7-5-,12-11-,15-14-,18-17-,21-20-. The zero-order valence-corrected chi connectivity index (χ0v) is 33.2. The molecule has 0 aromatic rings. The molecule has 1 aliphatic rings. The van der Waals surface area contributed by atoms with E-state index in [0.717, 1.165) is 77.0 Å². The molecule has 0 spiro atoms. The van der Waals surface area contributed by atoms with E-state index in [0.29, 0.717) is 13.0 Å². The third-order valence-electron chi connectivity index (χ3n) is 9.20. The molecule has 0 radical (unpaired) electrons. The lowest BCUT2D eigenvalue weighted by Gasteiger charge is -2.39. The number of esters is 1. The quantitative estimate of drug-likeness (QED) is 0.0290. The average molecular weight is 749 g/mol. The lowest BCUT2D eigenvalue weighted by atomic mass is 9.99. The van der Waals surface area contributed by atoms with Crippen molar-refractivity contribution in [3.63, 3.8) is 0 Å². The molecular weight excluding hydrogens is 672 g/mol. The number of rotatable bonds is 34. The minimum atomic E-state index is -1.54. The highest BCUT2D eigenvalue weighted by Gasteiger charge is 2.44. The highest BCUT2D eigenvalue weighted by Crippen LogP contribution is 2.22. The number of aliphatic hydroxyl groups is 4. The first-order valence-corrected chi connectivity index (χ1v) is 20.9. The Hall–Kier alpha value is -2.11. The van der Waals surface area contributed by atoms with Gasteiger partial charge in [0.1, 0.15) is 30.5 Å². The molecule has 1 rings (SSSR count). The van der Waals surface area contributed by atoms with Gasteiger partial charge < -0.3 is 39.4 Å². The fourth-order valence-corrected chi connectivity index (χ4v) is 5.93. The van der Waals surface area contributed by atoms with Crippen LogP contribution in [-0.2, 0) is 23.7 Å². The van der Waals surface area contributed by atoms with E-state index in [1.807, 2.05) is 0 Å². The van der Waals surface area contributed by atoms with E-state index in [1.165, 1.54) is 51.4 Å². The normalized spacial score (nSPS) is 21.7. The van der Waals surface area contributed by atoms with Gasteiger partial charge in [0.2, 0.25) is 0 Å². The summed E-state index contributed by atoms with van der Waals surface area (Å²) in [6.45, 7) is 4.34. The van der Waals surface area contributed by atoms with Gasteiger partial charge in [-0.25, -0.2) is 0 Å². The maximum atomic E-state index is 12.6. The molecule has 1 heterocycles. The first-order chi connectivity index (χ1) is 25.9. The van der Waals surface area contributed by atoms with Crippen molar-refractivity contribution < 1.29 is 44.2 Å². The summed E-state index contributed by atoms with van der Waals surface area (Å²) in [5, 5.41) is 39.9. The maximum Gasteiger partial charge on any atom is 0.306 e. The van der Waals surface area contributed by atoms with E-state index in [4.69, 9.17) is 18.9 Å². The van der Waals surface area contributed by atoms with Gasteiger partial charge in [0, 0.05) is 13.0 Å². The van der Waals surface area contributed by atoms with Gasteiger partial charge in [-0.05, 0) is 57.8 Å². The van der Waals surface area contributed by atoms with Crippen molar-refractivity contribution >= 4 is 5.97 Å². The topological polar surface area (TPSA) is 135 Å². The van der Waals surface area contributed by atoms with Crippen LogP contribution in [0, 0.1) is 0 Å². The van der Waals surface area contributed by atoms with Gasteiger partial charge in [-0.2, -0.15) is 0 Å². The van der Waals surface area contributed by atoms with E-state index >= 15 is 0 Å². The molecule has 1 fully saturated rings. The predicted octanol–water partition coefficient (Wildman–Crippen LogP) is 8.74. The first kappa shape index (κ1) is 48.9. The molecule has 0 aromatic heterocycles. The van der Waals surface area contributed by atoms with Crippen LogP contribution < -0.4 is 0 Å². The molecule has 306 valence electrons. The molecule has 4 N–H and O–H groups in total. The molecule has 0 amide bonds. The van der Waals surface area contributed by atoms with Crippen molar-refractivity contribution in [2.45, 2.75) is 185 Å². The number of hydrogen-bond donors (Lipinski definition) is 4. The second-order valence-electron chi connectivity index (χ2n) is 14.1. The Balaban J connectivity index is 2.17. The molecule has 6 atom stereocenters. The number of aliphatic hydroxyl groups excluding tert-OH is 4. The van der Waals surface area contributed by atoms with E-state index in [2.05, 4.69) is 74.6 Å². The molecule has 0 bridgehead atoms. The zero-order chi connectivity index (χ0) is 38.6. The van der Waals surface area contributed by atoms with Crippen LogP contribution in [0.5, 0.6) is 0 Å². The predicted molar refractivity (Wildman–Crippen MR) is 214 cm³/mol. The van der Waals surface area contributed by atoms with Gasteiger partial charge in [-0.1, -0.05) is 145 Å². The Morgan fingerprint density at radius 2 is 1.15 bits per heavy atom. The molecule has 0 aliphatic carbocycles. The molecule has 53 heavy (non-hydrogen) atoms. The van der Waals surface area contributed by atoms with E-state index in [-0.39, 0.29) is 19.2 Å². The molecule has 1 saturated heterocycles. The van der Waals surface area contributed by atoms with Crippen molar-refractivity contribution in [1.29, 1.82) is 0 Å². The van der Waals surface area contributed by atoms with Crippen LogP contribution in [0.1, 0.15) is 149 Å². The summed E-state index contributed by atoms with van der Waals surface area (Å²) in [6.07, 6.45) is 37.1. The molecule has 0 saturated carbocycles. The number of carbonyl (C=O) groups excluding carboxylic acids is 1. The first-order valence-electron chi connectivity index (χ1n) is 20.9. The Morgan fingerprint density at radius 3 is 1.74 bits per heavy atom. The fourth-order valence-electron chi connectivity index (χ4n) is 5.93. The summed E-state index contributed by atoms with van der Waals surface area (Å²) < 4.78 is 22.6. The van der Waals surface area contributed by atoms with Crippen molar-refractivity contribution in [3.8, 4) is 0 Å². The number of ether oxygens (including phenoxy) is 4. The minimum absolute atomic E-state index is 0.119. The average Bonchev–Trinajstić information content (AvgIpc) is 3.16. The molecule has 6 unspecified atom stereocenters. The van der Waals surface area contributed by atoms with Gasteiger partial charge in [-0.3, -0.25) is 4.79 Å². The number of carbonyl (C=O) groups is 1. The highest BCUT2D eigenvalue weighted by molar-refractivity contribution is 5.69. The van der Waals surface area contributed by atoms with Crippen molar-refractivity contribution in [2.75, 3.05) is 26.4 Å². The maximum absolute atomic E-state index is 12.6. The molecule has 1 aliphatic heterocycles. The van der Waals surface area contributed by atoms with Crippen LogP contribution in [0.4, 0.5) is 0 Å². The van der Waals surface area contributed by atoms with Crippen molar-refractivity contribution in [2.24, 2.45) is 0 Å². The lowest BCUT2D eigenvalue weighted by molar-refractivity contribution is -0.305. The van der Waals surface area contributed by atoms with E-state index in [9.17, 15) is 25.2 Å². The Bertz CT molecular complexity index is 989. The van der Waals surface area contributed by atoms with Gasteiger partial charge >= 0.3 is 5.97 Å². The monoisotopic (exact) mass is 749 g/mol. The third-order valence-corrected chi connectivity index (χ3v) is 9.20. The van der Waals surface area contributed by atoms with Crippen molar-refractivity contribution in [3.05, 3.63) is 60.8 Å². The largest absolute Gasteiger partial charge is 0.457 e. The Labute approximate surface area is 322 Å². The second kappa shape index (κ2) is 35.6. The fraction of sp³-hybridized carbons (Fsp3) is 0.750. The van der Waals surface area contributed by atoms with Gasteiger partial charge in [0.05, 0.1) is 19.8 Å². The number of allylic oxidation sites excluding steroid dienone is 10. The number of unbranched alkanes of at least 4 members (excludes halogenated alkanes) is 13.